The SMILES string of the molecule is COc1cccc2cc(S(=O)(=O)c3ccc(C)cc3)c(=Nc3ccc(F)cc3)oc12. The molecule has 152 valence electrons. The van der Waals surface area contributed by atoms with Gasteiger partial charge in [0.05, 0.1) is 17.7 Å². The van der Waals surface area contributed by atoms with Crippen molar-refractivity contribution < 1.29 is 22.0 Å². The Hall–Kier alpha value is -3.45. The van der Waals surface area contributed by atoms with Crippen LogP contribution in [-0.4, -0.2) is 15.5 Å². The average Bonchev–Trinajstić information content (AvgIpc) is 2.74. The molecule has 0 unspecified atom stereocenters. The second kappa shape index (κ2) is 7.76. The fourth-order valence-corrected chi connectivity index (χ4v) is 4.36. The first-order chi connectivity index (χ1) is 14.4. The summed E-state index contributed by atoms with van der Waals surface area (Å²) in [6.45, 7) is 1.88. The van der Waals surface area contributed by atoms with Gasteiger partial charge in [0.15, 0.2) is 11.3 Å². The zero-order valence-corrected chi connectivity index (χ0v) is 17.1. The molecule has 30 heavy (non-hydrogen) atoms. The highest BCUT2D eigenvalue weighted by molar-refractivity contribution is 7.91. The Labute approximate surface area is 173 Å². The molecule has 4 aromatic rings. The van der Waals surface area contributed by atoms with Gasteiger partial charge in [0.1, 0.15) is 10.7 Å². The van der Waals surface area contributed by atoms with Crippen molar-refractivity contribution in [2.24, 2.45) is 4.99 Å². The predicted octanol–water partition coefficient (Wildman–Crippen LogP) is 4.95. The maximum Gasteiger partial charge on any atom is 0.239 e. The standard InChI is InChI=1S/C23H18FNO4S/c1-15-6-12-19(13-7-15)30(26,27)21-14-16-4-3-5-20(28-2)22(16)29-23(21)25-18-10-8-17(24)9-11-18/h3-14H,1-2H3. The van der Waals surface area contributed by atoms with Gasteiger partial charge in [-0.25, -0.2) is 17.8 Å². The highest BCUT2D eigenvalue weighted by atomic mass is 32.2. The van der Waals surface area contributed by atoms with Crippen LogP contribution in [0, 0.1) is 12.7 Å². The van der Waals surface area contributed by atoms with Crippen LogP contribution in [0.2, 0.25) is 0 Å². The van der Waals surface area contributed by atoms with Gasteiger partial charge in [0, 0.05) is 5.39 Å². The number of hydrogen-bond acceptors (Lipinski definition) is 5. The van der Waals surface area contributed by atoms with Gasteiger partial charge in [0.25, 0.3) is 0 Å². The van der Waals surface area contributed by atoms with Crippen molar-refractivity contribution in [3.63, 3.8) is 0 Å². The van der Waals surface area contributed by atoms with Crippen LogP contribution in [0.1, 0.15) is 5.56 Å². The first-order valence-corrected chi connectivity index (χ1v) is 10.6. The average molecular weight is 423 g/mol. The number of methoxy groups -OCH3 is 1. The lowest BCUT2D eigenvalue weighted by molar-refractivity contribution is 0.404. The number of sulfone groups is 1. The van der Waals surface area contributed by atoms with Crippen molar-refractivity contribution in [1.82, 2.24) is 0 Å². The smallest absolute Gasteiger partial charge is 0.239 e. The number of ether oxygens (including phenoxy) is 1. The summed E-state index contributed by atoms with van der Waals surface area (Å²) in [6.07, 6.45) is 0. The number of benzene rings is 3. The van der Waals surface area contributed by atoms with Crippen molar-refractivity contribution in [3.8, 4) is 5.75 Å². The Bertz CT molecular complexity index is 1390. The first-order valence-electron chi connectivity index (χ1n) is 9.11. The lowest BCUT2D eigenvalue weighted by Gasteiger charge is -2.09. The van der Waals surface area contributed by atoms with Crippen LogP contribution < -0.4 is 10.3 Å². The van der Waals surface area contributed by atoms with E-state index in [1.54, 1.807) is 42.5 Å². The molecule has 0 saturated carbocycles. The van der Waals surface area contributed by atoms with Gasteiger partial charge < -0.3 is 9.15 Å². The van der Waals surface area contributed by atoms with E-state index >= 15 is 0 Å². The lowest BCUT2D eigenvalue weighted by Crippen LogP contribution is -2.16. The third-order valence-corrected chi connectivity index (χ3v) is 6.37. The molecule has 0 aliphatic carbocycles. The molecule has 0 saturated heterocycles. The van der Waals surface area contributed by atoms with E-state index in [0.717, 1.165) is 5.56 Å². The number of fused-ring (bicyclic) bond motifs is 1. The van der Waals surface area contributed by atoms with Crippen molar-refractivity contribution in [2.75, 3.05) is 7.11 Å². The summed E-state index contributed by atoms with van der Waals surface area (Å²) in [5, 5.41) is 0.554. The van der Waals surface area contributed by atoms with E-state index in [9.17, 15) is 12.8 Å². The summed E-state index contributed by atoms with van der Waals surface area (Å²) in [7, 11) is -2.43. The van der Waals surface area contributed by atoms with Gasteiger partial charge >= 0.3 is 0 Å². The monoisotopic (exact) mass is 423 g/mol. The molecule has 0 fully saturated rings. The Morgan fingerprint density at radius 2 is 1.67 bits per heavy atom. The van der Waals surface area contributed by atoms with Crippen molar-refractivity contribution >= 4 is 26.5 Å². The zero-order chi connectivity index (χ0) is 21.3. The predicted molar refractivity (Wildman–Crippen MR) is 111 cm³/mol. The molecule has 0 amide bonds. The Kier molecular flexibility index (Phi) is 5.13. The molecule has 1 heterocycles. The number of nitrogens with zero attached hydrogens (tertiary/aromatic N) is 1. The highest BCUT2D eigenvalue weighted by Gasteiger charge is 2.23. The fraction of sp³-hybridized carbons (Fsp3) is 0.0870. The van der Waals surface area contributed by atoms with Crippen molar-refractivity contribution in [2.45, 2.75) is 16.7 Å². The van der Waals surface area contributed by atoms with Gasteiger partial charge in [-0.2, -0.15) is 0 Å². The van der Waals surface area contributed by atoms with E-state index in [1.165, 1.54) is 37.4 Å². The van der Waals surface area contributed by atoms with Crippen LogP contribution in [0.3, 0.4) is 0 Å². The van der Waals surface area contributed by atoms with E-state index in [-0.39, 0.29) is 15.3 Å². The minimum Gasteiger partial charge on any atom is -0.493 e. The van der Waals surface area contributed by atoms with Gasteiger partial charge in [0.2, 0.25) is 15.4 Å². The van der Waals surface area contributed by atoms with Gasteiger partial charge in [-0.1, -0.05) is 29.8 Å². The Morgan fingerprint density at radius 3 is 2.33 bits per heavy atom. The van der Waals surface area contributed by atoms with Crippen molar-refractivity contribution in [3.05, 3.63) is 89.7 Å². The summed E-state index contributed by atoms with van der Waals surface area (Å²) in [5.74, 6) is 0.0286. The van der Waals surface area contributed by atoms with Crippen LogP contribution in [0.25, 0.3) is 11.0 Å². The Balaban J connectivity index is 2.04. The molecule has 0 bridgehead atoms. The number of halogens is 1. The molecule has 7 heteroatoms. The maximum atomic E-state index is 13.4. The molecule has 4 rings (SSSR count). The van der Waals surface area contributed by atoms with Crippen LogP contribution in [-0.2, 0) is 9.84 Å². The van der Waals surface area contributed by atoms with Crippen LogP contribution >= 0.6 is 0 Å². The molecule has 1 aromatic heterocycles. The lowest BCUT2D eigenvalue weighted by atomic mass is 10.2. The largest absolute Gasteiger partial charge is 0.493 e. The summed E-state index contributed by atoms with van der Waals surface area (Å²) >= 11 is 0. The zero-order valence-electron chi connectivity index (χ0n) is 16.3. The van der Waals surface area contributed by atoms with E-state index in [0.29, 0.717) is 22.4 Å². The van der Waals surface area contributed by atoms with Gasteiger partial charge in [-0.15, -0.1) is 0 Å². The fourth-order valence-electron chi connectivity index (χ4n) is 3.01. The van der Waals surface area contributed by atoms with Crippen LogP contribution in [0.5, 0.6) is 5.75 Å². The number of hydrogen-bond donors (Lipinski definition) is 0. The number of aryl methyl sites for hydroxylation is 1. The molecule has 0 atom stereocenters. The van der Waals surface area contributed by atoms with Gasteiger partial charge in [-0.3, -0.25) is 0 Å². The third kappa shape index (κ3) is 3.71. The summed E-state index contributed by atoms with van der Waals surface area (Å²) in [5.41, 5.74) is 1.55. The topological polar surface area (TPSA) is 68.9 Å². The van der Waals surface area contributed by atoms with Crippen molar-refractivity contribution in [1.29, 1.82) is 0 Å². The van der Waals surface area contributed by atoms with Gasteiger partial charge in [-0.05, 0) is 55.5 Å². The normalized spacial score (nSPS) is 12.3. The van der Waals surface area contributed by atoms with E-state index in [2.05, 4.69) is 4.99 Å². The molecular formula is C23H18FNO4S. The molecular weight excluding hydrogens is 405 g/mol. The second-order valence-electron chi connectivity index (χ2n) is 6.70. The minimum atomic E-state index is -3.93. The maximum absolute atomic E-state index is 13.4. The third-order valence-electron chi connectivity index (χ3n) is 4.60. The highest BCUT2D eigenvalue weighted by Crippen LogP contribution is 2.28. The quantitative estimate of drug-likeness (QED) is 0.466. The van der Waals surface area contributed by atoms with E-state index in [4.69, 9.17) is 9.15 Å². The molecule has 5 nitrogen and oxygen atoms in total. The van der Waals surface area contributed by atoms with E-state index in [1.807, 2.05) is 6.92 Å². The molecule has 0 N–H and O–H groups in total. The number of para-hydroxylation sites is 1. The van der Waals surface area contributed by atoms with Crippen LogP contribution in [0.4, 0.5) is 10.1 Å². The molecule has 0 aliphatic heterocycles. The molecule has 0 spiro atoms. The summed E-state index contributed by atoms with van der Waals surface area (Å²) < 4.78 is 51.3. The first kappa shape index (κ1) is 19.8. The number of rotatable bonds is 4. The summed E-state index contributed by atoms with van der Waals surface area (Å²) in [4.78, 5) is 4.39. The Morgan fingerprint density at radius 1 is 0.967 bits per heavy atom. The molecule has 0 aliphatic rings. The van der Waals surface area contributed by atoms with Crippen LogP contribution in [0.15, 0.2) is 92.0 Å². The molecule has 3 aromatic carbocycles. The second-order valence-corrected chi connectivity index (χ2v) is 8.62. The summed E-state index contributed by atoms with van der Waals surface area (Å²) in [6, 6.07) is 18.6. The van der Waals surface area contributed by atoms with E-state index < -0.39 is 15.7 Å². The molecule has 0 radical (unpaired) electrons. The minimum absolute atomic E-state index is 0.0866.